The number of carbonyl (C=O) groups is 1. The number of aromatic nitrogens is 4. The number of piperidine rings is 1. The zero-order chi connectivity index (χ0) is 34.1. The first-order chi connectivity index (χ1) is 22.2. The molecular weight excluding hydrogens is 626 g/mol. The van der Waals surface area contributed by atoms with Crippen LogP contribution >= 0.6 is 0 Å². The fourth-order valence-electron chi connectivity index (χ4n) is 5.45. The first-order valence-electron chi connectivity index (χ1n) is 15.2. The Bertz CT molecular complexity index is 1900. The molecule has 0 aliphatic carbocycles. The predicted octanol–water partition coefficient (Wildman–Crippen LogP) is 4.18. The molecule has 0 bridgehead atoms. The number of nitrogens with zero attached hydrogens (tertiary/aromatic N) is 7. The summed E-state index contributed by atoms with van der Waals surface area (Å²) in [6.45, 7) is 6.43. The molecule has 2 aromatic heterocycles. The van der Waals surface area contributed by atoms with Gasteiger partial charge in [-0.1, -0.05) is 0 Å². The summed E-state index contributed by atoms with van der Waals surface area (Å²) in [5.74, 6) is 1.30. The number of hydrogen-bond donors (Lipinski definition) is 0. The van der Waals surface area contributed by atoms with Gasteiger partial charge in [0.05, 0.1) is 38.0 Å². The Kier molecular flexibility index (Phi) is 9.50. The van der Waals surface area contributed by atoms with Gasteiger partial charge in [-0.2, -0.15) is 12.7 Å². The second-order valence-corrected chi connectivity index (χ2v) is 14.5. The van der Waals surface area contributed by atoms with Crippen LogP contribution in [0.25, 0.3) is 10.9 Å². The van der Waals surface area contributed by atoms with Crippen molar-refractivity contribution >= 4 is 38.6 Å². The molecule has 0 spiro atoms. The van der Waals surface area contributed by atoms with Gasteiger partial charge in [0.2, 0.25) is 0 Å². The number of hydrogen-bond acceptors (Lipinski definition) is 10. The third-order valence-corrected chi connectivity index (χ3v) is 9.68. The third kappa shape index (κ3) is 7.20. The van der Waals surface area contributed by atoms with Crippen LogP contribution in [0, 0.1) is 0 Å². The molecule has 1 fully saturated rings. The molecule has 1 aliphatic heterocycles. The maximum Gasteiger partial charge on any atom is 0.410 e. The predicted molar refractivity (Wildman–Crippen MR) is 178 cm³/mol. The van der Waals surface area contributed by atoms with Crippen LogP contribution in [0.2, 0.25) is 0 Å². The molecule has 0 saturated carbocycles. The minimum Gasteiger partial charge on any atom is -0.497 e. The van der Waals surface area contributed by atoms with Crippen molar-refractivity contribution in [2.45, 2.75) is 51.8 Å². The van der Waals surface area contributed by atoms with Crippen molar-refractivity contribution in [2.24, 2.45) is 0 Å². The summed E-state index contributed by atoms with van der Waals surface area (Å²) < 4.78 is 46.6. The van der Waals surface area contributed by atoms with Gasteiger partial charge in [-0.25, -0.2) is 18.7 Å². The average Bonchev–Trinajstić information content (AvgIpc) is 3.52. The van der Waals surface area contributed by atoms with Crippen molar-refractivity contribution in [3.05, 3.63) is 71.3 Å². The maximum absolute atomic E-state index is 14.0. The lowest BCUT2D eigenvalue weighted by Crippen LogP contribution is -2.43. The van der Waals surface area contributed by atoms with Gasteiger partial charge in [-0.15, -0.1) is 0 Å². The van der Waals surface area contributed by atoms with Gasteiger partial charge < -0.3 is 24.0 Å². The number of rotatable bonds is 9. The lowest BCUT2D eigenvalue weighted by molar-refractivity contribution is 0.0187. The molecule has 0 unspecified atom stereocenters. The van der Waals surface area contributed by atoms with E-state index in [9.17, 15) is 18.0 Å². The number of amides is 1. The highest BCUT2D eigenvalue weighted by atomic mass is 32.2. The first kappa shape index (κ1) is 33.7. The summed E-state index contributed by atoms with van der Waals surface area (Å²) in [7, 11) is 2.13. The van der Waals surface area contributed by atoms with Crippen molar-refractivity contribution < 1.29 is 27.4 Å². The molecule has 15 heteroatoms. The Hall–Kier alpha value is -4.63. The van der Waals surface area contributed by atoms with Crippen molar-refractivity contribution in [2.75, 3.05) is 46.3 Å². The Morgan fingerprint density at radius 1 is 0.979 bits per heavy atom. The minimum atomic E-state index is -3.86. The van der Waals surface area contributed by atoms with E-state index in [-0.39, 0.29) is 30.1 Å². The maximum atomic E-state index is 14.0. The van der Waals surface area contributed by atoms with Crippen LogP contribution < -0.4 is 19.9 Å². The standard InChI is InChI=1S/C32H41N7O7S/c1-32(2,3)46-31(41)36-13-10-22(11-14-36)38-21-34-28-9-8-23(18-27(28)30(38)40)37(24-16-25(44-6)19-26(17-24)45-7)20-29-33-12-15-39(29)47(42,43)35(4)5/h8-9,12,15-19,21-22H,10-11,13-14,20H2,1-7H3. The Balaban J connectivity index is 1.53. The quantitative estimate of drug-likeness (QED) is 0.255. The summed E-state index contributed by atoms with van der Waals surface area (Å²) in [5.41, 5.74) is 0.930. The number of ether oxygens (including phenoxy) is 3. The molecule has 2 aromatic carbocycles. The van der Waals surface area contributed by atoms with E-state index in [0.29, 0.717) is 59.7 Å². The fraction of sp³-hybridized carbons (Fsp3) is 0.438. The summed E-state index contributed by atoms with van der Waals surface area (Å²) >= 11 is 0. The molecule has 0 N–H and O–H groups in total. The Morgan fingerprint density at radius 3 is 2.23 bits per heavy atom. The van der Waals surface area contributed by atoms with E-state index in [0.717, 1.165) is 8.28 Å². The van der Waals surface area contributed by atoms with E-state index >= 15 is 0 Å². The number of fused-ring (bicyclic) bond motifs is 1. The van der Waals surface area contributed by atoms with Crippen molar-refractivity contribution in [1.82, 2.24) is 27.7 Å². The summed E-state index contributed by atoms with van der Waals surface area (Å²) in [6.07, 6.45) is 5.17. The van der Waals surface area contributed by atoms with E-state index in [1.807, 2.05) is 31.7 Å². The van der Waals surface area contributed by atoms with Gasteiger partial charge in [0.15, 0.2) is 0 Å². The molecule has 47 heavy (non-hydrogen) atoms. The number of imidazole rings is 1. The van der Waals surface area contributed by atoms with E-state index < -0.39 is 15.8 Å². The molecular formula is C32H41N7O7S. The van der Waals surface area contributed by atoms with Crippen LogP contribution in [-0.2, 0) is 21.5 Å². The SMILES string of the molecule is COc1cc(OC)cc(N(Cc2nccn2S(=O)(=O)N(C)C)c2ccc3ncn(C4CCN(C(=O)OC(C)(C)C)CC4)c(=O)c3c2)c1. The summed E-state index contributed by atoms with van der Waals surface area (Å²) in [5, 5.41) is 0.392. The summed E-state index contributed by atoms with van der Waals surface area (Å²) in [6, 6.07) is 10.5. The second kappa shape index (κ2) is 13.2. The molecule has 14 nitrogen and oxygen atoms in total. The first-order valence-corrected chi connectivity index (χ1v) is 16.6. The van der Waals surface area contributed by atoms with Gasteiger partial charge in [-0.05, 0) is 51.8 Å². The molecule has 0 radical (unpaired) electrons. The van der Waals surface area contributed by atoms with Crippen LogP contribution in [0.4, 0.5) is 16.2 Å². The van der Waals surface area contributed by atoms with Crippen LogP contribution in [-0.4, -0.2) is 89.2 Å². The van der Waals surface area contributed by atoms with Gasteiger partial charge in [-0.3, -0.25) is 9.36 Å². The van der Waals surface area contributed by atoms with Crippen molar-refractivity contribution in [3.8, 4) is 11.5 Å². The highest BCUT2D eigenvalue weighted by molar-refractivity contribution is 7.87. The Morgan fingerprint density at radius 2 is 1.64 bits per heavy atom. The highest BCUT2D eigenvalue weighted by Crippen LogP contribution is 2.35. The molecule has 1 amide bonds. The largest absolute Gasteiger partial charge is 0.497 e. The molecule has 3 heterocycles. The van der Waals surface area contributed by atoms with Crippen molar-refractivity contribution in [1.29, 1.82) is 0 Å². The van der Waals surface area contributed by atoms with Crippen LogP contribution in [0.15, 0.2) is 59.9 Å². The van der Waals surface area contributed by atoms with Gasteiger partial charge >= 0.3 is 16.3 Å². The van der Waals surface area contributed by atoms with Gasteiger partial charge in [0, 0.05) is 75.2 Å². The average molecular weight is 668 g/mol. The zero-order valence-electron chi connectivity index (χ0n) is 27.7. The normalized spacial score (nSPS) is 14.4. The van der Waals surface area contributed by atoms with Crippen LogP contribution in [0.5, 0.6) is 11.5 Å². The topological polar surface area (TPSA) is 141 Å². The molecule has 1 aliphatic rings. The number of anilines is 2. The van der Waals surface area contributed by atoms with E-state index in [1.165, 1.54) is 26.5 Å². The number of carbonyl (C=O) groups excluding carboxylic acids is 1. The van der Waals surface area contributed by atoms with E-state index in [4.69, 9.17) is 14.2 Å². The molecule has 4 aromatic rings. The fourth-order valence-corrected chi connectivity index (χ4v) is 6.38. The molecule has 0 atom stereocenters. The van der Waals surface area contributed by atoms with Gasteiger partial charge in [0.25, 0.3) is 5.56 Å². The monoisotopic (exact) mass is 667 g/mol. The highest BCUT2D eigenvalue weighted by Gasteiger charge is 2.29. The van der Waals surface area contributed by atoms with Crippen LogP contribution in [0.3, 0.4) is 0 Å². The Labute approximate surface area is 274 Å². The van der Waals surface area contributed by atoms with E-state index in [2.05, 4.69) is 9.97 Å². The number of benzene rings is 2. The lowest BCUT2D eigenvalue weighted by Gasteiger charge is -2.34. The minimum absolute atomic E-state index is 0.0273. The third-order valence-electron chi connectivity index (χ3n) is 7.92. The molecule has 1 saturated heterocycles. The van der Waals surface area contributed by atoms with Crippen molar-refractivity contribution in [3.63, 3.8) is 0 Å². The lowest BCUT2D eigenvalue weighted by atomic mass is 10.0. The zero-order valence-corrected chi connectivity index (χ0v) is 28.5. The number of methoxy groups -OCH3 is 2. The summed E-state index contributed by atoms with van der Waals surface area (Å²) in [4.78, 5) is 39.0. The molecule has 252 valence electrons. The smallest absolute Gasteiger partial charge is 0.410 e. The molecule has 5 rings (SSSR count). The second-order valence-electron chi connectivity index (χ2n) is 12.4. The van der Waals surface area contributed by atoms with Crippen LogP contribution in [0.1, 0.15) is 45.5 Å². The number of likely N-dealkylation sites (tertiary alicyclic amines) is 1. The van der Waals surface area contributed by atoms with E-state index in [1.54, 1.807) is 60.3 Å². The van der Waals surface area contributed by atoms with Gasteiger partial charge in [0.1, 0.15) is 22.9 Å².